The van der Waals surface area contributed by atoms with Crippen LogP contribution in [0.5, 0.6) is 0 Å². The van der Waals surface area contributed by atoms with E-state index >= 15 is 0 Å². The molecule has 0 bridgehead atoms. The molecule has 0 fully saturated rings. The lowest BCUT2D eigenvalue weighted by atomic mass is 9.59. The molecule has 3 heteroatoms. The maximum Gasteiger partial charge on any atom is 0.152 e. The van der Waals surface area contributed by atoms with Crippen molar-refractivity contribution in [2.75, 3.05) is 11.5 Å². The summed E-state index contributed by atoms with van der Waals surface area (Å²) in [5.41, 5.74) is 13.2. The SMILES string of the molecule is CC1(C)c2cc(N)c(N)c(F)c2C(C)(C)C1(C)C. The van der Waals surface area contributed by atoms with Crippen molar-refractivity contribution < 1.29 is 4.39 Å². The highest BCUT2D eigenvalue weighted by atomic mass is 19.1. The van der Waals surface area contributed by atoms with E-state index in [0.29, 0.717) is 5.69 Å². The summed E-state index contributed by atoms with van der Waals surface area (Å²) < 4.78 is 14.5. The summed E-state index contributed by atoms with van der Waals surface area (Å²) in [6.07, 6.45) is 0. The lowest BCUT2D eigenvalue weighted by Crippen LogP contribution is -2.42. The van der Waals surface area contributed by atoms with E-state index in [2.05, 4.69) is 41.5 Å². The van der Waals surface area contributed by atoms with Crippen LogP contribution in [0.3, 0.4) is 0 Å². The number of hydrogen-bond acceptors (Lipinski definition) is 2. The molecule has 1 aromatic rings. The van der Waals surface area contributed by atoms with Gasteiger partial charge in [0.1, 0.15) is 0 Å². The topological polar surface area (TPSA) is 52.0 Å². The van der Waals surface area contributed by atoms with Crippen LogP contribution in [0.1, 0.15) is 52.7 Å². The molecule has 0 saturated carbocycles. The Bertz CT molecular complexity index is 528. The van der Waals surface area contributed by atoms with Crippen LogP contribution in [0, 0.1) is 11.2 Å². The van der Waals surface area contributed by atoms with Gasteiger partial charge in [0.15, 0.2) is 5.82 Å². The molecular formula is C15H23FN2. The van der Waals surface area contributed by atoms with Crippen LogP contribution in [0.2, 0.25) is 0 Å². The Morgan fingerprint density at radius 2 is 1.44 bits per heavy atom. The predicted molar refractivity (Wildman–Crippen MR) is 75.1 cm³/mol. The molecule has 1 aromatic carbocycles. The first-order chi connectivity index (χ1) is 7.96. The summed E-state index contributed by atoms with van der Waals surface area (Å²) in [6.45, 7) is 12.8. The van der Waals surface area contributed by atoms with Gasteiger partial charge in [-0.3, -0.25) is 0 Å². The minimum atomic E-state index is -0.339. The second kappa shape index (κ2) is 3.19. The maximum atomic E-state index is 14.5. The van der Waals surface area contributed by atoms with Gasteiger partial charge in [0, 0.05) is 5.56 Å². The van der Waals surface area contributed by atoms with Gasteiger partial charge in [0.05, 0.1) is 11.4 Å². The summed E-state index contributed by atoms with van der Waals surface area (Å²) in [5.74, 6) is -0.339. The van der Waals surface area contributed by atoms with Gasteiger partial charge in [-0.15, -0.1) is 0 Å². The zero-order valence-corrected chi connectivity index (χ0v) is 12.1. The summed E-state index contributed by atoms with van der Waals surface area (Å²) in [5, 5.41) is 0. The summed E-state index contributed by atoms with van der Waals surface area (Å²) in [7, 11) is 0. The number of halogens is 1. The van der Waals surface area contributed by atoms with E-state index in [9.17, 15) is 4.39 Å². The van der Waals surface area contributed by atoms with Crippen LogP contribution in [0.4, 0.5) is 15.8 Å². The van der Waals surface area contributed by atoms with Crippen molar-refractivity contribution in [1.82, 2.24) is 0 Å². The third kappa shape index (κ3) is 1.17. The van der Waals surface area contributed by atoms with Gasteiger partial charge >= 0.3 is 0 Å². The van der Waals surface area contributed by atoms with Crippen LogP contribution in [-0.2, 0) is 10.8 Å². The molecule has 0 saturated heterocycles. The zero-order chi connectivity index (χ0) is 14.1. The predicted octanol–water partition coefficient (Wildman–Crippen LogP) is 3.59. The number of benzene rings is 1. The van der Waals surface area contributed by atoms with Crippen molar-refractivity contribution in [2.45, 2.75) is 52.4 Å². The Kier molecular flexibility index (Phi) is 2.34. The molecule has 0 atom stereocenters. The van der Waals surface area contributed by atoms with Crippen molar-refractivity contribution >= 4 is 11.4 Å². The summed E-state index contributed by atoms with van der Waals surface area (Å²) in [4.78, 5) is 0. The van der Waals surface area contributed by atoms with Gasteiger partial charge in [-0.25, -0.2) is 4.39 Å². The van der Waals surface area contributed by atoms with Gasteiger partial charge in [0.25, 0.3) is 0 Å². The van der Waals surface area contributed by atoms with Gasteiger partial charge < -0.3 is 11.5 Å². The molecule has 0 heterocycles. The molecule has 2 nitrogen and oxygen atoms in total. The Balaban J connectivity index is 2.92. The molecule has 0 spiro atoms. The first kappa shape index (κ1) is 13.2. The quantitative estimate of drug-likeness (QED) is 0.691. The van der Waals surface area contributed by atoms with E-state index in [-0.39, 0.29) is 27.7 Å². The molecule has 1 aliphatic rings. The molecule has 0 aliphatic heterocycles. The standard InChI is InChI=1S/C15H23FN2/c1-13(2)8-7-9(17)12(18)11(16)10(8)14(3,4)15(13,5)6/h7H,17-18H2,1-6H3. The largest absolute Gasteiger partial charge is 0.397 e. The molecule has 0 amide bonds. The Morgan fingerprint density at radius 1 is 0.944 bits per heavy atom. The zero-order valence-electron chi connectivity index (χ0n) is 12.1. The van der Waals surface area contributed by atoms with Gasteiger partial charge in [-0.05, 0) is 27.9 Å². The van der Waals surface area contributed by atoms with Crippen LogP contribution in [-0.4, -0.2) is 0 Å². The fraction of sp³-hybridized carbons (Fsp3) is 0.600. The average molecular weight is 250 g/mol. The van der Waals surface area contributed by atoms with E-state index in [1.54, 1.807) is 0 Å². The molecule has 4 N–H and O–H groups in total. The molecule has 18 heavy (non-hydrogen) atoms. The van der Waals surface area contributed by atoms with E-state index in [1.807, 2.05) is 6.07 Å². The number of hydrogen-bond donors (Lipinski definition) is 2. The molecule has 0 radical (unpaired) electrons. The highest BCUT2D eigenvalue weighted by Crippen LogP contribution is 2.62. The molecule has 0 aromatic heterocycles. The fourth-order valence-corrected chi connectivity index (χ4v) is 3.22. The smallest absolute Gasteiger partial charge is 0.152 e. The van der Waals surface area contributed by atoms with E-state index < -0.39 is 0 Å². The normalized spacial score (nSPS) is 22.8. The third-order valence-electron chi connectivity index (χ3n) is 5.76. The van der Waals surface area contributed by atoms with Crippen molar-refractivity contribution in [3.63, 3.8) is 0 Å². The van der Waals surface area contributed by atoms with Gasteiger partial charge in [0.2, 0.25) is 0 Å². The molecule has 2 rings (SSSR count). The minimum Gasteiger partial charge on any atom is -0.397 e. The van der Waals surface area contributed by atoms with E-state index in [1.165, 1.54) is 0 Å². The third-order valence-corrected chi connectivity index (χ3v) is 5.76. The highest BCUT2D eigenvalue weighted by molar-refractivity contribution is 5.70. The van der Waals surface area contributed by atoms with Crippen LogP contribution < -0.4 is 11.5 Å². The van der Waals surface area contributed by atoms with E-state index in [0.717, 1.165) is 11.1 Å². The molecular weight excluding hydrogens is 227 g/mol. The van der Waals surface area contributed by atoms with Gasteiger partial charge in [-0.1, -0.05) is 41.5 Å². The van der Waals surface area contributed by atoms with Crippen LogP contribution >= 0.6 is 0 Å². The Labute approximate surface area is 109 Å². The van der Waals surface area contributed by atoms with Gasteiger partial charge in [-0.2, -0.15) is 0 Å². The molecule has 100 valence electrons. The number of fused-ring (bicyclic) bond motifs is 1. The van der Waals surface area contributed by atoms with Crippen molar-refractivity contribution in [1.29, 1.82) is 0 Å². The lowest BCUT2D eigenvalue weighted by molar-refractivity contribution is 0.123. The van der Waals surface area contributed by atoms with Crippen LogP contribution in [0.15, 0.2) is 6.07 Å². The summed E-state index contributed by atoms with van der Waals surface area (Å²) >= 11 is 0. The minimum absolute atomic E-state index is 0.0790. The number of nitrogen functional groups attached to an aromatic ring is 2. The Hall–Kier alpha value is -1.25. The second-order valence-electron chi connectivity index (χ2n) is 6.99. The monoisotopic (exact) mass is 250 g/mol. The first-order valence-electron chi connectivity index (χ1n) is 6.34. The molecule has 0 unspecified atom stereocenters. The first-order valence-corrected chi connectivity index (χ1v) is 6.34. The average Bonchev–Trinajstić information content (AvgIpc) is 2.32. The van der Waals surface area contributed by atoms with Crippen molar-refractivity contribution in [3.8, 4) is 0 Å². The maximum absolute atomic E-state index is 14.5. The Morgan fingerprint density at radius 3 is 1.94 bits per heavy atom. The second-order valence-corrected chi connectivity index (χ2v) is 6.99. The van der Waals surface area contributed by atoms with Crippen molar-refractivity contribution in [2.24, 2.45) is 5.41 Å². The van der Waals surface area contributed by atoms with E-state index in [4.69, 9.17) is 11.5 Å². The number of rotatable bonds is 0. The number of nitrogens with two attached hydrogens (primary N) is 2. The number of anilines is 2. The summed E-state index contributed by atoms with van der Waals surface area (Å²) in [6, 6.07) is 1.85. The van der Waals surface area contributed by atoms with Crippen LogP contribution in [0.25, 0.3) is 0 Å². The fourth-order valence-electron chi connectivity index (χ4n) is 3.22. The lowest BCUT2D eigenvalue weighted by Gasteiger charge is -2.44. The van der Waals surface area contributed by atoms with Crippen molar-refractivity contribution in [3.05, 3.63) is 23.0 Å². The highest BCUT2D eigenvalue weighted by Gasteiger charge is 2.58. The molecule has 1 aliphatic carbocycles.